The average molecular weight is 414 g/mol. The molecule has 2 aromatic rings. The quantitative estimate of drug-likeness (QED) is 0.556. The van der Waals surface area contributed by atoms with Crippen LogP contribution in [0.25, 0.3) is 6.08 Å². The Morgan fingerprint density at radius 2 is 1.90 bits per heavy atom. The minimum Gasteiger partial charge on any atom is -0.467 e. The average Bonchev–Trinajstić information content (AvgIpc) is 2.74. The molecule has 29 heavy (non-hydrogen) atoms. The van der Waals surface area contributed by atoms with Crippen LogP contribution in [0.4, 0.5) is 0 Å². The third-order valence-electron chi connectivity index (χ3n) is 4.64. The Balaban J connectivity index is 1.63. The fourth-order valence-corrected chi connectivity index (χ4v) is 3.37. The van der Waals surface area contributed by atoms with Crippen LogP contribution < -0.4 is 0 Å². The van der Waals surface area contributed by atoms with Crippen LogP contribution in [0.3, 0.4) is 0 Å². The molecule has 7 heteroatoms. The molecular formula is C22H20ClNO5. The molecule has 0 saturated carbocycles. The maximum absolute atomic E-state index is 12.7. The highest BCUT2D eigenvalue weighted by molar-refractivity contribution is 6.30. The van der Waals surface area contributed by atoms with E-state index in [4.69, 9.17) is 21.1 Å². The Hall–Kier alpha value is -3.12. The smallest absolute Gasteiger partial charge is 0.331 e. The highest BCUT2D eigenvalue weighted by Gasteiger charge is 2.35. The lowest BCUT2D eigenvalue weighted by Gasteiger charge is -2.35. The normalized spacial score (nSPS) is 15.7. The van der Waals surface area contributed by atoms with Gasteiger partial charge in [0.2, 0.25) is 0 Å². The summed E-state index contributed by atoms with van der Waals surface area (Å²) in [4.78, 5) is 38.2. The summed E-state index contributed by atoms with van der Waals surface area (Å²) in [5, 5.41) is 0.551. The van der Waals surface area contributed by atoms with E-state index < -0.39 is 30.5 Å². The molecular weight excluding hydrogens is 394 g/mol. The Bertz CT molecular complexity index is 956. The van der Waals surface area contributed by atoms with Gasteiger partial charge in [0, 0.05) is 24.1 Å². The van der Waals surface area contributed by atoms with Crippen molar-refractivity contribution in [3.8, 4) is 0 Å². The molecule has 1 heterocycles. The van der Waals surface area contributed by atoms with Gasteiger partial charge >= 0.3 is 11.9 Å². The minimum absolute atomic E-state index is 0.255. The lowest BCUT2D eigenvalue weighted by molar-refractivity contribution is -0.158. The molecule has 1 atom stereocenters. The topological polar surface area (TPSA) is 72.9 Å². The number of fused-ring (bicyclic) bond motifs is 1. The monoisotopic (exact) mass is 413 g/mol. The van der Waals surface area contributed by atoms with Crippen LogP contribution in [0.15, 0.2) is 54.6 Å². The first kappa shape index (κ1) is 20.6. The zero-order chi connectivity index (χ0) is 20.8. The molecule has 6 nitrogen and oxygen atoms in total. The first-order valence-electron chi connectivity index (χ1n) is 9.02. The first-order valence-corrected chi connectivity index (χ1v) is 9.40. The van der Waals surface area contributed by atoms with Gasteiger partial charge in [-0.25, -0.2) is 9.59 Å². The van der Waals surface area contributed by atoms with Crippen molar-refractivity contribution in [3.63, 3.8) is 0 Å². The summed E-state index contributed by atoms with van der Waals surface area (Å²) in [6.45, 7) is -0.209. The molecule has 0 saturated heterocycles. The van der Waals surface area contributed by atoms with Crippen molar-refractivity contribution in [2.24, 2.45) is 0 Å². The zero-order valence-electron chi connectivity index (χ0n) is 15.8. The number of esters is 2. The van der Waals surface area contributed by atoms with Crippen molar-refractivity contribution >= 4 is 35.5 Å². The second kappa shape index (κ2) is 9.39. The van der Waals surface area contributed by atoms with Crippen molar-refractivity contribution in [1.82, 2.24) is 4.90 Å². The second-order valence-electron chi connectivity index (χ2n) is 6.53. The summed E-state index contributed by atoms with van der Waals surface area (Å²) in [6.07, 6.45) is 3.13. The molecule has 2 aromatic carbocycles. The van der Waals surface area contributed by atoms with Crippen LogP contribution >= 0.6 is 11.6 Å². The highest BCUT2D eigenvalue weighted by atomic mass is 35.5. The number of methoxy groups -OCH3 is 1. The second-order valence-corrected chi connectivity index (χ2v) is 6.97. The summed E-state index contributed by atoms with van der Waals surface area (Å²) in [5.74, 6) is -1.62. The molecule has 0 aromatic heterocycles. The molecule has 0 spiro atoms. The van der Waals surface area contributed by atoms with Crippen LogP contribution in [0.2, 0.25) is 5.02 Å². The molecule has 1 aliphatic rings. The van der Waals surface area contributed by atoms with Crippen LogP contribution in [0.1, 0.15) is 16.7 Å². The van der Waals surface area contributed by atoms with Gasteiger partial charge in [-0.15, -0.1) is 0 Å². The number of benzene rings is 2. The van der Waals surface area contributed by atoms with Gasteiger partial charge in [-0.3, -0.25) is 4.79 Å². The predicted molar refractivity (Wildman–Crippen MR) is 108 cm³/mol. The Labute approximate surface area is 173 Å². The van der Waals surface area contributed by atoms with Gasteiger partial charge in [-0.1, -0.05) is 48.0 Å². The first-order chi connectivity index (χ1) is 14.0. The zero-order valence-corrected chi connectivity index (χ0v) is 16.6. The number of nitrogens with zero attached hydrogens (tertiary/aromatic N) is 1. The number of amides is 1. The fourth-order valence-electron chi connectivity index (χ4n) is 3.17. The molecule has 0 unspecified atom stereocenters. The third-order valence-corrected chi connectivity index (χ3v) is 4.88. The lowest BCUT2D eigenvalue weighted by atomic mass is 9.94. The van der Waals surface area contributed by atoms with Crippen molar-refractivity contribution in [3.05, 3.63) is 76.3 Å². The molecule has 1 aliphatic heterocycles. The van der Waals surface area contributed by atoms with Crippen molar-refractivity contribution in [2.45, 2.75) is 19.0 Å². The number of carbonyl (C=O) groups excluding carboxylic acids is 3. The summed E-state index contributed by atoms with van der Waals surface area (Å²) >= 11 is 5.90. The summed E-state index contributed by atoms with van der Waals surface area (Å²) in [5.41, 5.74) is 2.68. The predicted octanol–water partition coefficient (Wildman–Crippen LogP) is 3.02. The van der Waals surface area contributed by atoms with Gasteiger partial charge in [-0.05, 0) is 34.9 Å². The van der Waals surface area contributed by atoms with E-state index >= 15 is 0 Å². The van der Waals surface area contributed by atoms with E-state index in [9.17, 15) is 14.4 Å². The number of hydrogen-bond donors (Lipinski definition) is 0. The minimum atomic E-state index is -0.747. The highest BCUT2D eigenvalue weighted by Crippen LogP contribution is 2.24. The maximum atomic E-state index is 12.7. The van der Waals surface area contributed by atoms with E-state index in [0.29, 0.717) is 11.4 Å². The van der Waals surface area contributed by atoms with Crippen LogP contribution in [0, 0.1) is 0 Å². The van der Waals surface area contributed by atoms with Gasteiger partial charge in [0.1, 0.15) is 6.04 Å². The lowest BCUT2D eigenvalue weighted by Crippen LogP contribution is -2.50. The van der Waals surface area contributed by atoms with Gasteiger partial charge < -0.3 is 14.4 Å². The van der Waals surface area contributed by atoms with E-state index in [1.54, 1.807) is 30.3 Å². The Morgan fingerprint density at radius 1 is 1.14 bits per heavy atom. The molecule has 3 rings (SSSR count). The summed E-state index contributed by atoms with van der Waals surface area (Å²) in [7, 11) is 1.28. The van der Waals surface area contributed by atoms with Gasteiger partial charge in [0.05, 0.1) is 7.11 Å². The van der Waals surface area contributed by atoms with E-state index in [2.05, 4.69) is 0 Å². The Morgan fingerprint density at radius 3 is 2.62 bits per heavy atom. The molecule has 1 amide bonds. The van der Waals surface area contributed by atoms with Crippen molar-refractivity contribution in [1.29, 1.82) is 0 Å². The third kappa shape index (κ3) is 5.23. The summed E-state index contributed by atoms with van der Waals surface area (Å²) in [6, 6.07) is 13.8. The Kier molecular flexibility index (Phi) is 6.67. The number of rotatable bonds is 5. The molecule has 0 aliphatic carbocycles. The largest absolute Gasteiger partial charge is 0.467 e. The molecule has 150 valence electrons. The standard InChI is InChI=1S/C22H20ClNO5/c1-28-22(27)19-12-16-6-2-3-7-17(16)13-24(19)20(25)14-29-21(26)10-9-15-5-4-8-18(23)11-15/h2-11,19H,12-14H2,1H3/b10-9+/t19-/m1/s1. The van der Waals surface area contributed by atoms with E-state index in [1.807, 2.05) is 24.3 Å². The number of hydrogen-bond acceptors (Lipinski definition) is 5. The summed E-state index contributed by atoms with van der Waals surface area (Å²) < 4.78 is 9.90. The van der Waals surface area contributed by atoms with Crippen molar-refractivity contribution in [2.75, 3.05) is 13.7 Å². The molecule has 0 bridgehead atoms. The fraction of sp³-hybridized carbons (Fsp3) is 0.227. The van der Waals surface area contributed by atoms with E-state index in [-0.39, 0.29) is 6.54 Å². The van der Waals surface area contributed by atoms with Crippen LogP contribution in [-0.2, 0) is 36.8 Å². The maximum Gasteiger partial charge on any atom is 0.331 e. The number of halogens is 1. The number of carbonyl (C=O) groups is 3. The van der Waals surface area contributed by atoms with Gasteiger partial charge in [0.15, 0.2) is 6.61 Å². The van der Waals surface area contributed by atoms with E-state index in [0.717, 1.165) is 16.7 Å². The van der Waals surface area contributed by atoms with Crippen LogP contribution in [0.5, 0.6) is 0 Å². The van der Waals surface area contributed by atoms with Crippen LogP contribution in [-0.4, -0.2) is 42.5 Å². The van der Waals surface area contributed by atoms with Gasteiger partial charge in [0.25, 0.3) is 5.91 Å². The molecule has 0 N–H and O–H groups in total. The van der Waals surface area contributed by atoms with Crippen molar-refractivity contribution < 1.29 is 23.9 Å². The number of ether oxygens (including phenoxy) is 2. The SMILES string of the molecule is COC(=O)[C@H]1Cc2ccccc2CN1C(=O)COC(=O)/C=C/c1cccc(Cl)c1. The molecule has 0 fully saturated rings. The van der Waals surface area contributed by atoms with Gasteiger partial charge in [-0.2, -0.15) is 0 Å². The van der Waals surface area contributed by atoms with E-state index in [1.165, 1.54) is 18.1 Å². The molecule has 0 radical (unpaired) electrons.